The Kier molecular flexibility index (Phi) is 5.61. The fourth-order valence-electron chi connectivity index (χ4n) is 1.53. The molecular weight excluding hydrogens is 314 g/mol. The maximum Gasteiger partial charge on any atom is 0.229 e. The number of hydrogen-bond donors (Lipinski definition) is 3. The molecule has 6 nitrogen and oxygen atoms in total. The predicted molar refractivity (Wildman–Crippen MR) is 86.0 cm³/mol. The number of carbonyl (C=O) groups excluding carboxylic acids is 1. The average molecular weight is 334 g/mol. The van der Waals surface area contributed by atoms with E-state index in [1.807, 2.05) is 13.8 Å². The van der Waals surface area contributed by atoms with Crippen molar-refractivity contribution in [1.82, 2.24) is 0 Å². The van der Waals surface area contributed by atoms with E-state index in [2.05, 4.69) is 10.0 Å². The second-order valence-electron chi connectivity index (χ2n) is 5.61. The molecule has 0 saturated carbocycles. The minimum absolute atomic E-state index is 0.173. The minimum atomic E-state index is -3.40. The molecule has 0 heterocycles. The number of hydrogen-bond acceptors (Lipinski definition) is 4. The summed E-state index contributed by atoms with van der Waals surface area (Å²) in [6.07, 6.45) is 1.89. The number of anilines is 2. The largest absolute Gasteiger partial charge is 0.326 e. The highest BCUT2D eigenvalue weighted by atomic mass is 35.5. The molecule has 4 N–H and O–H groups in total. The first-order valence-corrected chi connectivity index (χ1v) is 8.59. The Bertz CT molecular complexity index is 624. The Morgan fingerprint density at radius 2 is 2.00 bits per heavy atom. The second kappa shape index (κ2) is 6.64. The van der Waals surface area contributed by atoms with Crippen molar-refractivity contribution in [2.24, 2.45) is 5.73 Å². The lowest BCUT2D eigenvalue weighted by atomic mass is 10.00. The van der Waals surface area contributed by atoms with Crippen LogP contribution in [0.15, 0.2) is 18.2 Å². The number of halogens is 1. The summed E-state index contributed by atoms with van der Waals surface area (Å²) in [7, 11) is -3.40. The van der Waals surface area contributed by atoms with Crippen molar-refractivity contribution in [3.05, 3.63) is 23.2 Å². The standard InChI is InChI=1S/C13H20ClN3O3S/c1-13(2,15)7-6-12(18)16-9-4-5-11(10(14)8-9)17-21(3,19)20/h4-5,8,17H,6-7,15H2,1-3H3,(H,16,18). The summed E-state index contributed by atoms with van der Waals surface area (Å²) in [6.45, 7) is 3.70. The molecule has 1 aromatic carbocycles. The van der Waals surface area contributed by atoms with Crippen LogP contribution in [0, 0.1) is 0 Å². The van der Waals surface area contributed by atoms with Gasteiger partial charge in [-0.05, 0) is 38.5 Å². The molecule has 0 radical (unpaired) electrons. The van der Waals surface area contributed by atoms with E-state index in [1.54, 1.807) is 6.07 Å². The SMILES string of the molecule is CC(C)(N)CCC(=O)Nc1ccc(NS(C)(=O)=O)c(Cl)c1. The van der Waals surface area contributed by atoms with Crippen LogP contribution in [0.4, 0.5) is 11.4 Å². The van der Waals surface area contributed by atoms with Crippen molar-refractivity contribution in [3.8, 4) is 0 Å². The van der Waals surface area contributed by atoms with E-state index < -0.39 is 15.6 Å². The fourth-order valence-corrected chi connectivity index (χ4v) is 2.40. The van der Waals surface area contributed by atoms with Crippen LogP contribution in [-0.4, -0.2) is 26.1 Å². The number of sulfonamides is 1. The number of nitrogens with one attached hydrogen (secondary N) is 2. The maximum absolute atomic E-state index is 11.8. The molecule has 0 aliphatic rings. The Balaban J connectivity index is 2.70. The van der Waals surface area contributed by atoms with Crippen molar-refractivity contribution >= 4 is 38.9 Å². The summed E-state index contributed by atoms with van der Waals surface area (Å²) < 4.78 is 24.6. The van der Waals surface area contributed by atoms with Gasteiger partial charge in [-0.3, -0.25) is 9.52 Å². The van der Waals surface area contributed by atoms with Gasteiger partial charge < -0.3 is 11.1 Å². The first kappa shape index (κ1) is 17.7. The van der Waals surface area contributed by atoms with Gasteiger partial charge in [0, 0.05) is 17.6 Å². The Morgan fingerprint density at radius 3 is 2.48 bits per heavy atom. The van der Waals surface area contributed by atoms with Gasteiger partial charge in [0.1, 0.15) is 0 Å². The average Bonchev–Trinajstić information content (AvgIpc) is 2.28. The zero-order valence-corrected chi connectivity index (χ0v) is 13.8. The van der Waals surface area contributed by atoms with Crippen LogP contribution in [0.2, 0.25) is 5.02 Å². The van der Waals surface area contributed by atoms with E-state index in [1.165, 1.54) is 12.1 Å². The molecule has 21 heavy (non-hydrogen) atoms. The molecule has 1 aromatic rings. The van der Waals surface area contributed by atoms with E-state index in [-0.39, 0.29) is 16.6 Å². The quantitative estimate of drug-likeness (QED) is 0.742. The molecule has 0 spiro atoms. The Morgan fingerprint density at radius 1 is 1.38 bits per heavy atom. The van der Waals surface area contributed by atoms with Crippen LogP contribution in [0.1, 0.15) is 26.7 Å². The van der Waals surface area contributed by atoms with Crippen molar-refractivity contribution in [2.75, 3.05) is 16.3 Å². The number of carbonyl (C=O) groups is 1. The zero-order valence-electron chi connectivity index (χ0n) is 12.2. The van der Waals surface area contributed by atoms with E-state index in [0.29, 0.717) is 18.5 Å². The van der Waals surface area contributed by atoms with Gasteiger partial charge >= 0.3 is 0 Å². The highest BCUT2D eigenvalue weighted by molar-refractivity contribution is 7.92. The van der Waals surface area contributed by atoms with Gasteiger partial charge in [-0.15, -0.1) is 0 Å². The zero-order chi connectivity index (χ0) is 16.3. The minimum Gasteiger partial charge on any atom is -0.326 e. The van der Waals surface area contributed by atoms with Gasteiger partial charge in [0.2, 0.25) is 15.9 Å². The molecule has 0 saturated heterocycles. The van der Waals surface area contributed by atoms with E-state index in [0.717, 1.165) is 6.26 Å². The normalized spacial score (nSPS) is 12.0. The van der Waals surface area contributed by atoms with Crippen LogP contribution in [0.5, 0.6) is 0 Å². The molecule has 8 heteroatoms. The summed E-state index contributed by atoms with van der Waals surface area (Å²) in [5.41, 5.74) is 6.17. The van der Waals surface area contributed by atoms with Gasteiger partial charge in [0.05, 0.1) is 17.0 Å². The number of amides is 1. The molecule has 0 aliphatic carbocycles. The fraction of sp³-hybridized carbons (Fsp3) is 0.462. The molecule has 0 aliphatic heterocycles. The summed E-state index contributed by atoms with van der Waals surface area (Å²) in [4.78, 5) is 11.8. The highest BCUT2D eigenvalue weighted by Gasteiger charge is 2.14. The van der Waals surface area contributed by atoms with Gasteiger partial charge in [-0.25, -0.2) is 8.42 Å². The third kappa shape index (κ3) is 7.31. The molecule has 0 bridgehead atoms. The van der Waals surface area contributed by atoms with E-state index in [9.17, 15) is 13.2 Å². The monoisotopic (exact) mass is 333 g/mol. The third-order valence-electron chi connectivity index (χ3n) is 2.54. The van der Waals surface area contributed by atoms with Crippen molar-refractivity contribution in [2.45, 2.75) is 32.2 Å². The van der Waals surface area contributed by atoms with Crippen LogP contribution in [-0.2, 0) is 14.8 Å². The lowest BCUT2D eigenvalue weighted by molar-refractivity contribution is -0.116. The third-order valence-corrected chi connectivity index (χ3v) is 3.45. The van der Waals surface area contributed by atoms with E-state index in [4.69, 9.17) is 17.3 Å². The lowest BCUT2D eigenvalue weighted by Gasteiger charge is -2.17. The molecular formula is C13H20ClN3O3S. The van der Waals surface area contributed by atoms with Crippen LogP contribution >= 0.6 is 11.6 Å². The summed E-state index contributed by atoms with van der Waals surface area (Å²) in [5, 5.41) is 2.90. The Labute approximate surface area is 130 Å². The smallest absolute Gasteiger partial charge is 0.229 e. The Hall–Kier alpha value is -1.31. The van der Waals surface area contributed by atoms with Crippen LogP contribution in [0.3, 0.4) is 0 Å². The van der Waals surface area contributed by atoms with Gasteiger partial charge in [0.25, 0.3) is 0 Å². The van der Waals surface area contributed by atoms with Gasteiger partial charge in [0.15, 0.2) is 0 Å². The predicted octanol–water partition coefficient (Wildman–Crippen LogP) is 2.17. The number of nitrogens with two attached hydrogens (primary N) is 1. The number of benzene rings is 1. The van der Waals surface area contributed by atoms with Crippen LogP contribution in [0.25, 0.3) is 0 Å². The van der Waals surface area contributed by atoms with Crippen molar-refractivity contribution < 1.29 is 13.2 Å². The molecule has 0 fully saturated rings. The second-order valence-corrected chi connectivity index (χ2v) is 7.76. The summed E-state index contributed by atoms with van der Waals surface area (Å²) in [6, 6.07) is 4.55. The first-order chi connectivity index (χ1) is 9.46. The molecule has 1 rings (SSSR count). The molecule has 1 amide bonds. The maximum atomic E-state index is 11.8. The summed E-state index contributed by atoms with van der Waals surface area (Å²) in [5.74, 6) is -0.173. The summed E-state index contributed by atoms with van der Waals surface area (Å²) >= 11 is 5.97. The highest BCUT2D eigenvalue weighted by Crippen LogP contribution is 2.26. The van der Waals surface area contributed by atoms with Crippen LogP contribution < -0.4 is 15.8 Å². The van der Waals surface area contributed by atoms with E-state index >= 15 is 0 Å². The molecule has 0 atom stereocenters. The topological polar surface area (TPSA) is 101 Å². The lowest BCUT2D eigenvalue weighted by Crippen LogP contribution is -2.33. The number of rotatable bonds is 6. The van der Waals surface area contributed by atoms with Crippen molar-refractivity contribution in [1.29, 1.82) is 0 Å². The molecule has 0 aromatic heterocycles. The van der Waals surface area contributed by atoms with Gasteiger partial charge in [-0.2, -0.15) is 0 Å². The van der Waals surface area contributed by atoms with Crippen molar-refractivity contribution in [3.63, 3.8) is 0 Å². The first-order valence-electron chi connectivity index (χ1n) is 6.32. The van der Waals surface area contributed by atoms with Gasteiger partial charge in [-0.1, -0.05) is 11.6 Å². The molecule has 118 valence electrons. The molecule has 0 unspecified atom stereocenters.